The van der Waals surface area contributed by atoms with Gasteiger partial charge in [-0.3, -0.25) is 67.1 Å². The number of carboxylic acid groups (broad SMARTS) is 3. The molecule has 1 fully saturated rings. The predicted molar refractivity (Wildman–Crippen MR) is 535 cm³/mol. The van der Waals surface area contributed by atoms with Gasteiger partial charge < -0.3 is 88.9 Å². The van der Waals surface area contributed by atoms with Crippen molar-refractivity contribution in [3.05, 3.63) is 0 Å². The van der Waals surface area contributed by atoms with Crippen LogP contribution in [0.4, 0.5) is 0 Å². The first-order valence-corrected chi connectivity index (χ1v) is 53.3. The fourth-order valence-electron chi connectivity index (χ4n) is 16.0. The predicted octanol–water partition coefficient (Wildman–Crippen LogP) is 17.7. The molecule has 0 aliphatic heterocycles. The van der Waals surface area contributed by atoms with Crippen LogP contribution in [0.1, 0.15) is 420 Å². The molecule has 0 spiro atoms. The number of amides is 4. The number of rotatable bonds is 101. The topological polar surface area (TPSA) is 473 Å². The van der Waals surface area contributed by atoms with Gasteiger partial charge >= 0.3 is 17.9 Å². The maximum absolute atomic E-state index is 13.0. The SMILES string of the molecule is CC(=O)CCCCCCCCCCCCCCC(=O)C[C@@H](CCC(=O)NCCOCCOCC(C)=O)C(=O)O.CC(=O)CCCCCCCCCCCCCCC(=O)NCC1CCC(C(=O)C[C@@H](CCC(=O)NCCOCCOCC(=O)CCCOCCOCC(C)=O)C(=O)O)CC1.CC(=O)CCCCCCCCCCCCCCCCC(=O)C[C@@H](CCC(=O)NCCOCCOCC(C)=O)C(=O)O. The van der Waals surface area contributed by atoms with E-state index in [1.54, 1.807) is 20.8 Å². The van der Waals surface area contributed by atoms with Crippen LogP contribution in [0, 0.1) is 29.6 Å². The summed E-state index contributed by atoms with van der Waals surface area (Å²) in [7, 11) is 0. The summed E-state index contributed by atoms with van der Waals surface area (Å²) < 4.78 is 41.9. The third-order valence-electron chi connectivity index (χ3n) is 24.3. The normalized spacial score (nSPS) is 13.4. The summed E-state index contributed by atoms with van der Waals surface area (Å²) in [4.78, 5) is 198. The van der Waals surface area contributed by atoms with Gasteiger partial charge in [-0.15, -0.1) is 0 Å². The molecule has 0 unspecified atom stereocenters. The second-order valence-electron chi connectivity index (χ2n) is 37.9. The van der Waals surface area contributed by atoms with E-state index >= 15 is 0 Å². The Labute approximate surface area is 833 Å². The van der Waals surface area contributed by atoms with E-state index in [-0.39, 0.29) is 186 Å². The quantitative estimate of drug-likeness (QED) is 0.0278. The highest BCUT2D eigenvalue weighted by Crippen LogP contribution is 2.32. The molecule has 0 heterocycles. The summed E-state index contributed by atoms with van der Waals surface area (Å²) in [6, 6.07) is 0. The number of nitrogens with one attached hydrogen (secondary N) is 4. The average molecular weight is 1980 g/mol. The van der Waals surface area contributed by atoms with Crippen molar-refractivity contribution in [2.75, 3.05) is 132 Å². The molecule has 1 aliphatic rings. The molecule has 0 aromatic heterocycles. The Bertz CT molecular complexity index is 3250. The van der Waals surface area contributed by atoms with Crippen LogP contribution in [0.5, 0.6) is 0 Å². The summed E-state index contributed by atoms with van der Waals surface area (Å²) >= 11 is 0. The Morgan fingerprint density at radius 1 is 0.230 bits per heavy atom. The highest BCUT2D eigenvalue weighted by atomic mass is 16.5. The van der Waals surface area contributed by atoms with Crippen molar-refractivity contribution in [2.45, 2.75) is 420 Å². The molecule has 0 saturated heterocycles. The molecule has 32 heteroatoms. The number of hydrogen-bond donors (Lipinski definition) is 7. The van der Waals surface area contributed by atoms with Crippen LogP contribution < -0.4 is 21.3 Å². The number of ether oxygens (including phenoxy) is 8. The number of aliphatic carboxylic acids is 3. The van der Waals surface area contributed by atoms with Gasteiger partial charge in [-0.2, -0.15) is 0 Å². The standard InChI is InChI=1S/C45H78N2O12.C32H57NO8.C30H53NO8/c1-36(48)16-13-11-9-7-5-3-4-6-8-10-12-14-18-43(52)47-33-38-19-21-39(22-20-38)42(51)32-40(45(54)55)23-24-44(53)46-25-27-57-29-31-59-35-41(50)17-15-26-56-28-30-58-34-37(2)49;1-27(34)17-15-13-11-9-7-5-3-4-6-8-10-12-14-16-18-30(36)25-29(32(38)39)19-20-31(37)33-21-22-40-23-24-41-26-28(2)35;1-25(32)15-13-11-9-7-5-3-4-6-8-10-12-14-16-28(34)23-27(30(36)37)17-18-29(35)31-19-20-38-21-22-39-24-26(2)33/h38-40H,3-35H2,1-2H3,(H,46,53)(H,47,52)(H,54,55);29H,3-26H2,1-2H3,(H,33,37)(H,38,39);27H,3-24H2,1-2H3,(H,31,35)(H,36,37)/t38?,39?,40-;29-;27-/m111/s1. The number of unbranched alkanes of at least 4 members (excludes halogenated alkanes) is 35. The van der Waals surface area contributed by atoms with Crippen LogP contribution in [-0.4, -0.2) is 247 Å². The van der Waals surface area contributed by atoms with Gasteiger partial charge in [0.15, 0.2) is 23.1 Å². The van der Waals surface area contributed by atoms with E-state index in [1.165, 1.54) is 175 Å². The lowest BCUT2D eigenvalue weighted by Crippen LogP contribution is -2.33. The molecule has 1 rings (SSSR count). The monoisotopic (exact) mass is 1980 g/mol. The molecule has 804 valence electrons. The second-order valence-corrected chi connectivity index (χ2v) is 37.9. The average Bonchev–Trinajstić information content (AvgIpc) is 0.871. The number of carbonyl (C=O) groups excluding carboxylic acids is 14. The molecular formula is C107H188N4O28. The molecule has 0 aromatic carbocycles. The minimum atomic E-state index is -1.08. The molecule has 4 amide bonds. The fraction of sp³-hybridized carbons (Fsp3) is 0.841. The maximum Gasteiger partial charge on any atom is 0.306 e. The Morgan fingerprint density at radius 3 is 0.748 bits per heavy atom. The van der Waals surface area contributed by atoms with Crippen molar-refractivity contribution in [3.8, 4) is 0 Å². The van der Waals surface area contributed by atoms with Crippen molar-refractivity contribution in [1.29, 1.82) is 0 Å². The summed E-state index contributed by atoms with van der Waals surface area (Å²) in [6.45, 7) is 14.6. The van der Waals surface area contributed by atoms with Gasteiger partial charge in [0.05, 0.1) is 90.4 Å². The highest BCUT2D eigenvalue weighted by Gasteiger charge is 2.31. The molecule has 139 heavy (non-hydrogen) atoms. The van der Waals surface area contributed by atoms with Crippen molar-refractivity contribution >= 4 is 99.4 Å². The Balaban J connectivity index is 0. The van der Waals surface area contributed by atoms with Gasteiger partial charge in [0, 0.05) is 122 Å². The largest absolute Gasteiger partial charge is 0.481 e. The third-order valence-corrected chi connectivity index (χ3v) is 24.3. The second kappa shape index (κ2) is 98.1. The van der Waals surface area contributed by atoms with Gasteiger partial charge in [-0.25, -0.2) is 0 Å². The Hall–Kier alpha value is -7.33. The first kappa shape index (κ1) is 134. The summed E-state index contributed by atoms with van der Waals surface area (Å²) in [5.74, 6) is -5.85. The molecule has 1 aliphatic carbocycles. The number of carbonyl (C=O) groups is 17. The van der Waals surface area contributed by atoms with E-state index in [0.29, 0.717) is 148 Å². The van der Waals surface area contributed by atoms with Gasteiger partial charge in [0.1, 0.15) is 61.1 Å². The lowest BCUT2D eigenvalue weighted by Gasteiger charge is -2.28. The van der Waals surface area contributed by atoms with Gasteiger partial charge in [0.2, 0.25) is 23.6 Å². The van der Waals surface area contributed by atoms with E-state index in [2.05, 4.69) is 21.3 Å². The van der Waals surface area contributed by atoms with Gasteiger partial charge in [-0.05, 0) is 137 Å². The van der Waals surface area contributed by atoms with Crippen LogP contribution in [0.2, 0.25) is 0 Å². The molecule has 0 aromatic rings. The molecule has 0 bridgehead atoms. The van der Waals surface area contributed by atoms with Gasteiger partial charge in [0.25, 0.3) is 0 Å². The Morgan fingerprint density at radius 2 is 0.468 bits per heavy atom. The zero-order chi connectivity index (χ0) is 103. The first-order valence-electron chi connectivity index (χ1n) is 53.3. The number of Topliss-reactive ketones (excluding diaryl/α,β-unsaturated/α-hetero) is 10. The van der Waals surface area contributed by atoms with E-state index < -0.39 is 35.7 Å². The highest BCUT2D eigenvalue weighted by molar-refractivity contribution is 5.87. The van der Waals surface area contributed by atoms with Crippen LogP contribution in [0.25, 0.3) is 0 Å². The van der Waals surface area contributed by atoms with Crippen LogP contribution >= 0.6 is 0 Å². The molecular weight excluding hydrogens is 1790 g/mol. The maximum atomic E-state index is 13.0. The molecule has 3 atom stereocenters. The zero-order valence-corrected chi connectivity index (χ0v) is 86.8. The van der Waals surface area contributed by atoms with Crippen LogP contribution in [-0.2, 0) is 119 Å². The van der Waals surface area contributed by atoms with E-state index in [1.807, 2.05) is 0 Å². The zero-order valence-electron chi connectivity index (χ0n) is 86.8. The van der Waals surface area contributed by atoms with Crippen molar-refractivity contribution in [1.82, 2.24) is 21.3 Å². The minimum Gasteiger partial charge on any atom is -0.481 e. The van der Waals surface area contributed by atoms with Gasteiger partial charge in [-0.1, -0.05) is 205 Å². The first-order chi connectivity index (χ1) is 66.9. The van der Waals surface area contributed by atoms with Crippen molar-refractivity contribution in [3.63, 3.8) is 0 Å². The van der Waals surface area contributed by atoms with Crippen molar-refractivity contribution in [2.24, 2.45) is 29.6 Å². The summed E-state index contributed by atoms with van der Waals surface area (Å²) in [5.41, 5.74) is 0. The molecule has 7 N–H and O–H groups in total. The third kappa shape index (κ3) is 99.2. The number of ketones is 10. The summed E-state index contributed by atoms with van der Waals surface area (Å²) in [6.07, 6.45) is 51.9. The summed E-state index contributed by atoms with van der Waals surface area (Å²) in [5, 5.41) is 39.8. The number of carboxylic acids is 3. The molecule has 0 radical (unpaired) electrons. The van der Waals surface area contributed by atoms with Crippen LogP contribution in [0.3, 0.4) is 0 Å². The van der Waals surface area contributed by atoms with E-state index in [0.717, 1.165) is 116 Å². The van der Waals surface area contributed by atoms with E-state index in [9.17, 15) is 96.8 Å². The Kier molecular flexibility index (Phi) is 94.3. The fourth-order valence-corrected chi connectivity index (χ4v) is 16.0. The lowest BCUT2D eigenvalue weighted by atomic mass is 9.78. The minimum absolute atomic E-state index is 0.00729. The van der Waals surface area contributed by atoms with Crippen molar-refractivity contribution < 1.29 is 135 Å². The molecule has 32 nitrogen and oxygen atoms in total. The number of hydrogen-bond acceptors (Lipinski definition) is 25. The smallest absolute Gasteiger partial charge is 0.306 e. The lowest BCUT2D eigenvalue weighted by molar-refractivity contribution is -0.145. The van der Waals surface area contributed by atoms with Crippen LogP contribution in [0.15, 0.2) is 0 Å². The molecule has 1 saturated carbocycles. The van der Waals surface area contributed by atoms with E-state index in [4.69, 9.17) is 37.9 Å².